The Bertz CT molecular complexity index is 1400. The van der Waals surface area contributed by atoms with E-state index >= 15 is 0 Å². The Balaban J connectivity index is 1.42. The van der Waals surface area contributed by atoms with E-state index < -0.39 is 115 Å². The van der Waals surface area contributed by atoms with E-state index in [0.717, 1.165) is 12.0 Å². The first-order valence-electron chi connectivity index (χ1n) is 21.0. The molecule has 0 spiro atoms. The molecule has 0 amide bonds. The molecular formula is C42H72O14. The first-order chi connectivity index (χ1) is 26.0. The zero-order chi connectivity index (χ0) is 41.5. The minimum absolute atomic E-state index is 0.0554. The second-order valence-corrected chi connectivity index (χ2v) is 20.2. The van der Waals surface area contributed by atoms with Crippen LogP contribution >= 0.6 is 0 Å². The summed E-state index contributed by atoms with van der Waals surface area (Å²) in [6.07, 6.45) is -9.79. The highest BCUT2D eigenvalue weighted by molar-refractivity contribution is 5.23. The van der Waals surface area contributed by atoms with Gasteiger partial charge in [-0.2, -0.15) is 0 Å². The van der Waals surface area contributed by atoms with Gasteiger partial charge in [-0.1, -0.05) is 46.3 Å². The molecule has 2 saturated heterocycles. The molecule has 2 heterocycles. The molecule has 21 atom stereocenters. The van der Waals surface area contributed by atoms with Crippen molar-refractivity contribution in [2.45, 2.75) is 192 Å². The Morgan fingerprint density at radius 3 is 1.88 bits per heavy atom. The van der Waals surface area contributed by atoms with Gasteiger partial charge in [0.1, 0.15) is 48.8 Å². The summed E-state index contributed by atoms with van der Waals surface area (Å²) in [5.41, 5.74) is -2.06. The SMILES string of the molecule is CC(C)=CCC[C@](C)(O[C@@H]1O[C@H](CO)[C@@H](O)[C@H](O)[C@H]1O)[C@H]1CC[C@]2(C)[C@@H]1[C@H](O)C[C@@H]1[C@@]3(C)CC[C@H](O)C(C)(C)[C@@H]3C[C@@H](O[C@@H]3O[C@H](CO)[C@@H](O)[C@H](O)[C@H]3O)[C@]12C. The molecule has 4 aliphatic carbocycles. The van der Waals surface area contributed by atoms with E-state index in [9.17, 15) is 51.1 Å². The monoisotopic (exact) mass is 800 g/mol. The molecule has 56 heavy (non-hydrogen) atoms. The molecule has 324 valence electrons. The van der Waals surface area contributed by atoms with E-state index in [2.05, 4.69) is 40.7 Å². The largest absolute Gasteiger partial charge is 0.394 e. The lowest BCUT2D eigenvalue weighted by Crippen LogP contribution is -2.72. The van der Waals surface area contributed by atoms with Gasteiger partial charge in [0.25, 0.3) is 0 Å². The van der Waals surface area contributed by atoms with Crippen LogP contribution < -0.4 is 0 Å². The summed E-state index contributed by atoms with van der Waals surface area (Å²) in [5, 5.41) is 109. The van der Waals surface area contributed by atoms with Crippen LogP contribution in [0.4, 0.5) is 0 Å². The minimum atomic E-state index is -1.62. The average Bonchev–Trinajstić information content (AvgIpc) is 3.52. The summed E-state index contributed by atoms with van der Waals surface area (Å²) < 4.78 is 25.6. The number of ether oxygens (including phenoxy) is 4. The van der Waals surface area contributed by atoms with Crippen LogP contribution in [-0.4, -0.2) is 150 Å². The molecular weight excluding hydrogens is 728 g/mol. The fraction of sp³-hybridized carbons (Fsp3) is 0.952. The third kappa shape index (κ3) is 6.97. The van der Waals surface area contributed by atoms with Crippen LogP contribution in [0.15, 0.2) is 11.6 Å². The van der Waals surface area contributed by atoms with Gasteiger partial charge in [-0.25, -0.2) is 0 Å². The van der Waals surface area contributed by atoms with Crippen LogP contribution in [0.3, 0.4) is 0 Å². The Morgan fingerprint density at radius 2 is 1.30 bits per heavy atom. The quantitative estimate of drug-likeness (QED) is 0.110. The Labute approximate surface area is 331 Å². The first-order valence-corrected chi connectivity index (χ1v) is 21.0. The highest BCUT2D eigenvalue weighted by Crippen LogP contribution is 2.76. The van der Waals surface area contributed by atoms with Gasteiger partial charge in [0.05, 0.1) is 37.1 Å². The highest BCUT2D eigenvalue weighted by Gasteiger charge is 2.75. The van der Waals surface area contributed by atoms with E-state index in [0.29, 0.717) is 44.9 Å². The van der Waals surface area contributed by atoms with Crippen LogP contribution in [0.2, 0.25) is 0 Å². The Kier molecular flexibility index (Phi) is 12.7. The van der Waals surface area contributed by atoms with Crippen LogP contribution in [0.5, 0.6) is 0 Å². The zero-order valence-corrected chi connectivity index (χ0v) is 34.6. The van der Waals surface area contributed by atoms with Crippen LogP contribution in [0, 0.1) is 45.3 Å². The number of fused-ring (bicyclic) bond motifs is 5. The smallest absolute Gasteiger partial charge is 0.187 e. The lowest BCUT2D eigenvalue weighted by atomic mass is 9.34. The molecule has 0 unspecified atom stereocenters. The fourth-order valence-electron chi connectivity index (χ4n) is 13.3. The molecule has 14 heteroatoms. The Hall–Kier alpha value is -0.820. The molecule has 6 rings (SSSR count). The number of aliphatic hydroxyl groups is 10. The maximum Gasteiger partial charge on any atom is 0.187 e. The van der Waals surface area contributed by atoms with Gasteiger partial charge in [0.2, 0.25) is 0 Å². The number of aliphatic hydroxyl groups excluding tert-OH is 10. The lowest BCUT2D eigenvalue weighted by molar-refractivity contribution is -0.357. The third-order valence-corrected chi connectivity index (χ3v) is 16.8. The predicted octanol–water partition coefficient (Wildman–Crippen LogP) is 1.12. The van der Waals surface area contributed by atoms with Gasteiger partial charge in [-0.3, -0.25) is 0 Å². The van der Waals surface area contributed by atoms with Gasteiger partial charge in [0, 0.05) is 5.41 Å². The lowest BCUT2D eigenvalue weighted by Gasteiger charge is -2.72. The van der Waals surface area contributed by atoms with Crippen molar-refractivity contribution in [3.05, 3.63) is 11.6 Å². The van der Waals surface area contributed by atoms with Crippen molar-refractivity contribution in [3.8, 4) is 0 Å². The summed E-state index contributed by atoms with van der Waals surface area (Å²) in [6.45, 7) is 15.6. The van der Waals surface area contributed by atoms with Crippen LogP contribution in [0.25, 0.3) is 0 Å². The second-order valence-electron chi connectivity index (χ2n) is 20.2. The number of allylic oxidation sites excluding steroid dienone is 2. The normalized spacial score (nSPS) is 52.6. The fourth-order valence-corrected chi connectivity index (χ4v) is 13.3. The van der Waals surface area contributed by atoms with E-state index in [1.165, 1.54) is 0 Å². The van der Waals surface area contributed by atoms with Crippen molar-refractivity contribution in [1.82, 2.24) is 0 Å². The molecule has 0 aromatic heterocycles. The number of rotatable bonds is 10. The van der Waals surface area contributed by atoms with E-state index in [4.69, 9.17) is 18.9 Å². The van der Waals surface area contributed by atoms with Crippen molar-refractivity contribution < 1.29 is 70.0 Å². The van der Waals surface area contributed by atoms with Crippen molar-refractivity contribution in [3.63, 3.8) is 0 Å². The molecule has 0 bridgehead atoms. The number of hydrogen-bond donors (Lipinski definition) is 10. The summed E-state index contributed by atoms with van der Waals surface area (Å²) >= 11 is 0. The zero-order valence-electron chi connectivity index (χ0n) is 34.6. The molecule has 0 aromatic rings. The van der Waals surface area contributed by atoms with E-state index in [1.54, 1.807) is 0 Å². The van der Waals surface area contributed by atoms with Gasteiger partial charge in [-0.05, 0) is 112 Å². The summed E-state index contributed by atoms with van der Waals surface area (Å²) in [7, 11) is 0. The summed E-state index contributed by atoms with van der Waals surface area (Å²) in [4.78, 5) is 0. The van der Waals surface area contributed by atoms with Crippen molar-refractivity contribution in [2.75, 3.05) is 13.2 Å². The van der Waals surface area contributed by atoms with Gasteiger partial charge in [-0.15, -0.1) is 0 Å². The standard InChI is InChI=1S/C42H72O14/c1-20(2)10-9-13-41(7,56-37-35(52)33(50)31(48)24(19-44)54-37)21-11-15-40(6)29(21)22(45)16-26-39(5)14-12-27(46)38(3,4)25(39)17-28(42(26,40)8)55-36-34(51)32(49)30(47)23(18-43)53-36/h10,21-37,43-52H,9,11-19H2,1-8H3/t21-,22+,23+,24+,25-,26+,27-,28+,29-,30+,31+,32-,33-,34+,35+,36-,37-,39-,40+,41-,42-/m0/s1. The molecule has 6 aliphatic rings. The van der Waals surface area contributed by atoms with Crippen molar-refractivity contribution >= 4 is 0 Å². The number of hydrogen-bond acceptors (Lipinski definition) is 14. The summed E-state index contributed by atoms with van der Waals surface area (Å²) in [6, 6.07) is 0. The summed E-state index contributed by atoms with van der Waals surface area (Å²) in [5.74, 6) is -0.830. The van der Waals surface area contributed by atoms with Gasteiger partial charge in [0.15, 0.2) is 12.6 Å². The topological polar surface area (TPSA) is 239 Å². The third-order valence-electron chi connectivity index (χ3n) is 16.8. The Morgan fingerprint density at radius 1 is 0.732 bits per heavy atom. The van der Waals surface area contributed by atoms with E-state index in [1.807, 2.05) is 20.8 Å². The maximum atomic E-state index is 12.6. The second kappa shape index (κ2) is 15.9. The maximum absolute atomic E-state index is 12.6. The van der Waals surface area contributed by atoms with Crippen molar-refractivity contribution in [2.24, 2.45) is 45.3 Å². The molecule has 2 aliphatic heterocycles. The van der Waals surface area contributed by atoms with Gasteiger partial charge >= 0.3 is 0 Å². The molecule has 14 nitrogen and oxygen atoms in total. The molecule has 6 fully saturated rings. The van der Waals surface area contributed by atoms with Crippen LogP contribution in [-0.2, 0) is 18.9 Å². The highest BCUT2D eigenvalue weighted by atomic mass is 16.7. The minimum Gasteiger partial charge on any atom is -0.394 e. The predicted molar refractivity (Wildman–Crippen MR) is 202 cm³/mol. The molecule has 0 radical (unpaired) electrons. The first kappa shape index (κ1) is 44.7. The van der Waals surface area contributed by atoms with Crippen molar-refractivity contribution in [1.29, 1.82) is 0 Å². The van der Waals surface area contributed by atoms with Gasteiger partial charge < -0.3 is 70.0 Å². The molecule has 4 saturated carbocycles. The van der Waals surface area contributed by atoms with E-state index in [-0.39, 0.29) is 29.1 Å². The van der Waals surface area contributed by atoms with Crippen LogP contribution in [0.1, 0.15) is 107 Å². The average molecular weight is 801 g/mol. The molecule has 10 N–H and O–H groups in total. The molecule has 0 aromatic carbocycles.